The number of urea groups is 1. The van der Waals surface area contributed by atoms with Crippen molar-refractivity contribution in [3.05, 3.63) is 89.0 Å². The summed E-state index contributed by atoms with van der Waals surface area (Å²) in [4.78, 5) is 143. The number of primary amides is 1. The van der Waals surface area contributed by atoms with Gasteiger partial charge in [-0.1, -0.05) is 68.3 Å². The number of guanidine groups is 1. The predicted octanol–water partition coefficient (Wildman–Crippen LogP) is -1.14. The minimum atomic E-state index is -1.58. The van der Waals surface area contributed by atoms with Gasteiger partial charge >= 0.3 is 6.03 Å². The molecule has 24 heteroatoms. The van der Waals surface area contributed by atoms with E-state index in [2.05, 4.69) is 46.9 Å². The molecule has 13 N–H and O–H groups in total. The monoisotopic (exact) mass is 1040 g/mol. The molecule has 404 valence electrons. The molecule has 3 aliphatic rings. The molecule has 24 nitrogen and oxygen atoms in total. The Kier molecular flexibility index (Phi) is 20.1. The standard InChI is InChI=1S/C51H71N15O9/c1-4-5-17-36(63-51(75)64(2)3)44(69)61-38-25-42(67)56-20-11-10-18-35(43(52)68)59-46(71)40-22-30-13-6-8-15-32(30)27-65(40)48(73)37(19-12-21-57-50(53)54)60-47(72)41-23-31-14-7-9-16-33(31)28-66(41)49(74)39(62-45(38)70)24-34-26-55-29-58-34/h6-9,13-16,26,29,35-41H,4-5,10-12,17-25,27-28H2,1-3H3,(H2,52,68)(H,55,58)(H,56,67)(H,59,71)(H,60,72)(H,61,69)(H,62,70)(H,63,75)(H4,53,54,57)/t35-,36-,37-,38-,39-,40-,41+/m0/s1. The van der Waals surface area contributed by atoms with E-state index in [1.165, 1.54) is 41.3 Å². The number of hydrogen-bond donors (Lipinski definition) is 10. The quantitative estimate of drug-likeness (QED) is 0.0552. The molecule has 10 amide bonds. The van der Waals surface area contributed by atoms with Gasteiger partial charge in [-0.3, -0.25) is 43.3 Å². The Labute approximate surface area is 435 Å². The molecule has 0 bridgehead atoms. The maximum Gasteiger partial charge on any atom is 0.317 e. The molecule has 3 aromatic rings. The zero-order valence-corrected chi connectivity index (χ0v) is 42.8. The van der Waals surface area contributed by atoms with Crippen LogP contribution in [0.4, 0.5) is 4.79 Å². The zero-order chi connectivity index (χ0) is 54.2. The second-order valence-corrected chi connectivity index (χ2v) is 19.4. The molecule has 0 spiro atoms. The van der Waals surface area contributed by atoms with Crippen molar-refractivity contribution in [1.29, 1.82) is 0 Å². The van der Waals surface area contributed by atoms with Crippen LogP contribution in [0.3, 0.4) is 0 Å². The number of nitrogens with zero attached hydrogens (tertiary/aromatic N) is 5. The Morgan fingerprint density at radius 2 is 1.39 bits per heavy atom. The first-order valence-corrected chi connectivity index (χ1v) is 25.5. The number of benzene rings is 2. The summed E-state index contributed by atoms with van der Waals surface area (Å²) >= 11 is 0. The van der Waals surface area contributed by atoms with Gasteiger partial charge in [-0.25, -0.2) is 9.78 Å². The fraction of sp³-hybridized carbons (Fsp3) is 0.510. The first-order valence-electron chi connectivity index (χ1n) is 25.5. The summed E-state index contributed by atoms with van der Waals surface area (Å²) in [5, 5.41) is 16.6. The van der Waals surface area contributed by atoms with Gasteiger partial charge in [0.2, 0.25) is 47.3 Å². The van der Waals surface area contributed by atoms with E-state index in [-0.39, 0.29) is 77.1 Å². The summed E-state index contributed by atoms with van der Waals surface area (Å²) in [5.41, 5.74) is 20.6. The number of imidazole rings is 1. The third-order valence-electron chi connectivity index (χ3n) is 13.6. The second-order valence-electron chi connectivity index (χ2n) is 19.4. The number of carbonyl (C=O) groups excluding carboxylic acids is 9. The van der Waals surface area contributed by atoms with Crippen LogP contribution < -0.4 is 49.1 Å². The molecule has 1 fully saturated rings. The van der Waals surface area contributed by atoms with Crippen LogP contribution in [0, 0.1) is 0 Å². The number of amides is 10. The van der Waals surface area contributed by atoms with Crippen LogP contribution in [0.5, 0.6) is 0 Å². The molecule has 0 aliphatic carbocycles. The Bertz CT molecular complexity index is 2570. The molecule has 4 heterocycles. The van der Waals surface area contributed by atoms with Crippen LogP contribution in [-0.2, 0) is 70.7 Å². The summed E-state index contributed by atoms with van der Waals surface area (Å²) < 4.78 is 0. The number of fused-ring (bicyclic) bond motifs is 4. The lowest BCUT2D eigenvalue weighted by Crippen LogP contribution is -2.63. The van der Waals surface area contributed by atoms with E-state index in [4.69, 9.17) is 17.2 Å². The van der Waals surface area contributed by atoms with E-state index in [9.17, 15) is 28.8 Å². The van der Waals surface area contributed by atoms with Crippen LogP contribution in [0.25, 0.3) is 0 Å². The first-order chi connectivity index (χ1) is 35.9. The summed E-state index contributed by atoms with van der Waals surface area (Å²) in [7, 11) is 3.02. The number of H-pyrrole nitrogens is 1. The molecular formula is C51H71N15O9. The summed E-state index contributed by atoms with van der Waals surface area (Å²) in [5.74, 6) is -5.98. The van der Waals surface area contributed by atoms with Crippen molar-refractivity contribution in [3.63, 3.8) is 0 Å². The van der Waals surface area contributed by atoms with Gasteiger partial charge in [0, 0.05) is 71.4 Å². The van der Waals surface area contributed by atoms with E-state index >= 15 is 14.4 Å². The molecule has 2 aromatic carbocycles. The highest BCUT2D eigenvalue weighted by Gasteiger charge is 2.43. The summed E-state index contributed by atoms with van der Waals surface area (Å²) in [6.45, 7) is 1.96. The molecule has 1 saturated heterocycles. The summed E-state index contributed by atoms with van der Waals surface area (Å²) in [6.07, 6.45) is 4.50. The Balaban J connectivity index is 1.41. The highest BCUT2D eigenvalue weighted by Crippen LogP contribution is 2.28. The molecule has 0 saturated carbocycles. The fourth-order valence-electron chi connectivity index (χ4n) is 9.44. The minimum Gasteiger partial charge on any atom is -0.370 e. The molecule has 7 atom stereocenters. The molecule has 0 radical (unpaired) electrons. The maximum absolute atomic E-state index is 15.3. The Hall–Kier alpha value is -8.05. The SMILES string of the molecule is CCCC[C@H](NC(=O)N(C)C)C(=O)N[C@H]1CC(=O)NCCCC[C@@H](C(N)=O)NC(=O)[C@@H]2Cc3ccccc3CN2C(=O)[C@H](CCCN=C(N)N)NC(=O)[C@H]2Cc3ccccc3CN2C(=O)[C@H](Cc2cnc[nH]2)NC1=O. The van der Waals surface area contributed by atoms with Gasteiger partial charge < -0.3 is 68.8 Å². The van der Waals surface area contributed by atoms with Crippen molar-refractivity contribution in [2.75, 3.05) is 27.2 Å². The maximum atomic E-state index is 15.3. The smallest absolute Gasteiger partial charge is 0.317 e. The van der Waals surface area contributed by atoms with Crippen molar-refractivity contribution >= 4 is 59.2 Å². The largest absolute Gasteiger partial charge is 0.370 e. The van der Waals surface area contributed by atoms with Crippen LogP contribution in [0.15, 0.2) is 66.0 Å². The van der Waals surface area contributed by atoms with E-state index in [0.29, 0.717) is 31.4 Å². The number of nitrogens with two attached hydrogens (primary N) is 3. The van der Waals surface area contributed by atoms with Crippen LogP contribution in [0.2, 0.25) is 0 Å². The average molecular weight is 1040 g/mol. The molecular weight excluding hydrogens is 967 g/mol. The number of hydrogen-bond acceptors (Lipinski definition) is 11. The van der Waals surface area contributed by atoms with Gasteiger partial charge in [0.05, 0.1) is 12.7 Å². The molecule has 1 aromatic heterocycles. The fourth-order valence-corrected chi connectivity index (χ4v) is 9.44. The van der Waals surface area contributed by atoms with E-state index < -0.39 is 102 Å². The Morgan fingerprint density at radius 1 is 0.787 bits per heavy atom. The van der Waals surface area contributed by atoms with Crippen LogP contribution >= 0.6 is 0 Å². The van der Waals surface area contributed by atoms with Gasteiger partial charge in [-0.2, -0.15) is 0 Å². The lowest BCUT2D eigenvalue weighted by Gasteiger charge is -2.40. The molecule has 75 heavy (non-hydrogen) atoms. The predicted molar refractivity (Wildman–Crippen MR) is 275 cm³/mol. The van der Waals surface area contributed by atoms with Crippen molar-refractivity contribution in [2.45, 2.75) is 139 Å². The van der Waals surface area contributed by atoms with Gasteiger partial charge in [0.25, 0.3) is 0 Å². The highest BCUT2D eigenvalue weighted by atomic mass is 16.2. The van der Waals surface area contributed by atoms with Gasteiger partial charge in [-0.15, -0.1) is 0 Å². The number of rotatable bonds is 13. The van der Waals surface area contributed by atoms with E-state index in [0.717, 1.165) is 22.3 Å². The number of nitrogens with one attached hydrogen (secondary N) is 7. The van der Waals surface area contributed by atoms with Gasteiger partial charge in [0.1, 0.15) is 42.3 Å². The van der Waals surface area contributed by atoms with E-state index in [1.54, 1.807) is 12.1 Å². The number of aromatic nitrogens is 2. The number of unbranched alkanes of at least 4 members (excludes halogenated alkanes) is 1. The first kappa shape index (κ1) is 56.2. The highest BCUT2D eigenvalue weighted by molar-refractivity contribution is 5.99. The molecule has 3 aliphatic heterocycles. The van der Waals surface area contributed by atoms with Crippen LogP contribution in [-0.4, -0.2) is 153 Å². The molecule has 6 rings (SSSR count). The topological polar surface area (TPSA) is 355 Å². The number of carbonyl (C=O) groups is 9. The Morgan fingerprint density at radius 3 is 1.96 bits per heavy atom. The lowest BCUT2D eigenvalue weighted by molar-refractivity contribution is -0.148. The third kappa shape index (κ3) is 15.5. The zero-order valence-electron chi connectivity index (χ0n) is 42.8. The van der Waals surface area contributed by atoms with Gasteiger partial charge in [-0.05, 0) is 60.8 Å². The van der Waals surface area contributed by atoms with Crippen LogP contribution in [0.1, 0.15) is 92.7 Å². The molecule has 0 unspecified atom stereocenters. The van der Waals surface area contributed by atoms with Crippen molar-refractivity contribution in [3.8, 4) is 0 Å². The van der Waals surface area contributed by atoms with Gasteiger partial charge in [0.15, 0.2) is 5.96 Å². The number of aliphatic imine (C=N–C) groups is 1. The summed E-state index contributed by atoms with van der Waals surface area (Å²) in [6, 6.07) is 5.05. The van der Waals surface area contributed by atoms with Crippen molar-refractivity contribution < 1.29 is 43.2 Å². The normalized spacial score (nSPS) is 22.5. The third-order valence-corrected chi connectivity index (χ3v) is 13.6. The van der Waals surface area contributed by atoms with Crippen molar-refractivity contribution in [1.82, 2.24) is 56.6 Å². The average Bonchev–Trinajstić information content (AvgIpc) is 3.91. The second kappa shape index (κ2) is 26.8. The number of aromatic amines is 1. The van der Waals surface area contributed by atoms with E-state index in [1.807, 2.05) is 43.3 Å². The van der Waals surface area contributed by atoms with Crippen molar-refractivity contribution in [2.24, 2.45) is 22.2 Å². The minimum absolute atomic E-state index is 0.000673. The lowest BCUT2D eigenvalue weighted by atomic mass is 9.91.